The number of anilines is 1. The van der Waals surface area contributed by atoms with E-state index in [0.717, 1.165) is 22.3 Å². The van der Waals surface area contributed by atoms with Crippen LogP contribution in [-0.2, 0) is 4.79 Å². The molecule has 1 amide bonds. The highest BCUT2D eigenvalue weighted by Gasteiger charge is 2.12. The van der Waals surface area contributed by atoms with Crippen LogP contribution >= 0.6 is 11.6 Å². The average molecular weight is 483 g/mol. The van der Waals surface area contributed by atoms with Gasteiger partial charge < -0.3 is 14.2 Å². The number of aromatic nitrogens is 1. The van der Waals surface area contributed by atoms with Gasteiger partial charge in [0, 0.05) is 27.9 Å². The third kappa shape index (κ3) is 4.91. The highest BCUT2D eigenvalue weighted by Crippen LogP contribution is 2.29. The summed E-state index contributed by atoms with van der Waals surface area (Å²) in [7, 11) is 0. The van der Waals surface area contributed by atoms with Gasteiger partial charge in [-0.2, -0.15) is 0 Å². The molecule has 0 bridgehead atoms. The van der Waals surface area contributed by atoms with Crippen molar-refractivity contribution < 1.29 is 13.6 Å². The molecule has 35 heavy (non-hydrogen) atoms. The van der Waals surface area contributed by atoms with Crippen LogP contribution in [0.15, 0.2) is 81.6 Å². The van der Waals surface area contributed by atoms with Crippen LogP contribution in [-0.4, -0.2) is 10.9 Å². The Morgan fingerprint density at radius 3 is 2.57 bits per heavy atom. The number of benzene rings is 3. The van der Waals surface area contributed by atoms with Crippen molar-refractivity contribution in [2.24, 2.45) is 0 Å². The van der Waals surface area contributed by atoms with Crippen molar-refractivity contribution in [2.75, 3.05) is 5.32 Å². The van der Waals surface area contributed by atoms with E-state index in [1.54, 1.807) is 24.3 Å². The standard InChI is InChI=1S/C29H23ClN2O3/c1-17-4-10-23(19(3)14-17)29-32-25-16-21(7-11-27(25)35-29)31-28(33)13-9-22-8-12-26(34-22)20-6-5-18(2)24(30)15-20/h4-16H,1-3H3,(H,31,33)/b13-9+. The molecular formula is C29H23ClN2O3. The summed E-state index contributed by atoms with van der Waals surface area (Å²) >= 11 is 6.21. The summed E-state index contributed by atoms with van der Waals surface area (Å²) in [6.45, 7) is 6.04. The number of hydrogen-bond acceptors (Lipinski definition) is 4. The van der Waals surface area contributed by atoms with Gasteiger partial charge in [0.1, 0.15) is 17.0 Å². The number of carbonyl (C=O) groups excluding carboxylic acids is 1. The van der Waals surface area contributed by atoms with Gasteiger partial charge in [-0.15, -0.1) is 0 Å². The van der Waals surface area contributed by atoms with Crippen LogP contribution < -0.4 is 5.32 Å². The van der Waals surface area contributed by atoms with E-state index in [9.17, 15) is 4.79 Å². The van der Waals surface area contributed by atoms with E-state index >= 15 is 0 Å². The minimum atomic E-state index is -0.279. The van der Waals surface area contributed by atoms with E-state index in [4.69, 9.17) is 20.4 Å². The molecule has 5 rings (SSSR count). The molecule has 0 aliphatic carbocycles. The summed E-state index contributed by atoms with van der Waals surface area (Å²) in [5, 5.41) is 3.54. The van der Waals surface area contributed by atoms with Gasteiger partial charge in [0.15, 0.2) is 5.58 Å². The molecule has 0 atom stereocenters. The van der Waals surface area contributed by atoms with Crippen molar-refractivity contribution in [2.45, 2.75) is 20.8 Å². The highest BCUT2D eigenvalue weighted by molar-refractivity contribution is 6.31. The lowest BCUT2D eigenvalue weighted by Crippen LogP contribution is -2.07. The first-order valence-electron chi connectivity index (χ1n) is 11.2. The second-order valence-corrected chi connectivity index (χ2v) is 8.92. The minimum absolute atomic E-state index is 0.279. The number of rotatable bonds is 5. The van der Waals surface area contributed by atoms with Crippen molar-refractivity contribution in [1.82, 2.24) is 4.98 Å². The summed E-state index contributed by atoms with van der Waals surface area (Å²) in [4.78, 5) is 17.1. The lowest BCUT2D eigenvalue weighted by Gasteiger charge is -2.01. The van der Waals surface area contributed by atoms with Crippen molar-refractivity contribution in [1.29, 1.82) is 0 Å². The number of nitrogens with one attached hydrogen (secondary N) is 1. The molecule has 5 nitrogen and oxygen atoms in total. The van der Waals surface area contributed by atoms with Crippen LogP contribution in [0.1, 0.15) is 22.5 Å². The van der Waals surface area contributed by atoms with Crippen molar-refractivity contribution in [3.8, 4) is 22.8 Å². The monoisotopic (exact) mass is 482 g/mol. The molecule has 0 radical (unpaired) electrons. The summed E-state index contributed by atoms with van der Waals surface area (Å²) in [5.74, 6) is 1.53. The number of oxazole rings is 1. The summed E-state index contributed by atoms with van der Waals surface area (Å²) in [5.41, 5.74) is 7.08. The Morgan fingerprint density at radius 2 is 1.77 bits per heavy atom. The molecule has 3 aromatic carbocycles. The van der Waals surface area contributed by atoms with Gasteiger partial charge in [-0.3, -0.25) is 4.79 Å². The third-order valence-corrected chi connectivity index (χ3v) is 6.16. The van der Waals surface area contributed by atoms with E-state index < -0.39 is 0 Å². The van der Waals surface area contributed by atoms with Gasteiger partial charge in [-0.1, -0.05) is 41.4 Å². The first-order valence-corrected chi connectivity index (χ1v) is 11.6. The van der Waals surface area contributed by atoms with Crippen LogP contribution in [0.25, 0.3) is 40.0 Å². The molecule has 5 aromatic rings. The second kappa shape index (κ2) is 9.28. The smallest absolute Gasteiger partial charge is 0.248 e. The molecule has 2 aromatic heterocycles. The third-order valence-electron chi connectivity index (χ3n) is 5.75. The first-order chi connectivity index (χ1) is 16.9. The molecule has 0 saturated carbocycles. The zero-order valence-electron chi connectivity index (χ0n) is 19.6. The Kier molecular flexibility index (Phi) is 6.01. The van der Waals surface area contributed by atoms with Crippen molar-refractivity contribution in [3.05, 3.63) is 100 Å². The van der Waals surface area contributed by atoms with Gasteiger partial charge in [-0.05, 0) is 80.4 Å². The lowest BCUT2D eigenvalue weighted by atomic mass is 10.1. The van der Waals surface area contributed by atoms with E-state index in [1.807, 2.05) is 56.3 Å². The summed E-state index contributed by atoms with van der Waals surface area (Å²) in [6.07, 6.45) is 3.06. The molecule has 0 spiro atoms. The fraction of sp³-hybridized carbons (Fsp3) is 0.103. The Labute approximate surface area is 208 Å². The number of fused-ring (bicyclic) bond motifs is 1. The number of amides is 1. The maximum absolute atomic E-state index is 12.5. The number of halogens is 1. The lowest BCUT2D eigenvalue weighted by molar-refractivity contribution is -0.111. The van der Waals surface area contributed by atoms with Gasteiger partial charge >= 0.3 is 0 Å². The molecule has 6 heteroatoms. The van der Waals surface area contributed by atoms with Crippen LogP contribution in [0.3, 0.4) is 0 Å². The summed E-state index contributed by atoms with van der Waals surface area (Å²) < 4.78 is 11.8. The largest absolute Gasteiger partial charge is 0.457 e. The topological polar surface area (TPSA) is 68.3 Å². The number of hydrogen-bond donors (Lipinski definition) is 1. The van der Waals surface area contributed by atoms with E-state index in [2.05, 4.69) is 23.3 Å². The van der Waals surface area contributed by atoms with Gasteiger partial charge in [-0.25, -0.2) is 4.98 Å². The van der Waals surface area contributed by atoms with E-state index in [1.165, 1.54) is 11.6 Å². The maximum Gasteiger partial charge on any atom is 0.248 e. The van der Waals surface area contributed by atoms with Crippen molar-refractivity contribution in [3.63, 3.8) is 0 Å². The molecule has 0 aliphatic heterocycles. The minimum Gasteiger partial charge on any atom is -0.457 e. The van der Waals surface area contributed by atoms with Gasteiger partial charge in [0.25, 0.3) is 0 Å². The molecule has 0 unspecified atom stereocenters. The number of furan rings is 1. The van der Waals surface area contributed by atoms with Crippen LogP contribution in [0.2, 0.25) is 5.02 Å². The zero-order valence-corrected chi connectivity index (χ0v) is 20.3. The number of carbonyl (C=O) groups is 1. The second-order valence-electron chi connectivity index (χ2n) is 8.51. The summed E-state index contributed by atoms with van der Waals surface area (Å²) in [6, 6.07) is 20.9. The Bertz CT molecular complexity index is 1590. The van der Waals surface area contributed by atoms with Crippen LogP contribution in [0, 0.1) is 20.8 Å². The van der Waals surface area contributed by atoms with Crippen LogP contribution in [0.4, 0.5) is 5.69 Å². The van der Waals surface area contributed by atoms with Crippen molar-refractivity contribution >= 4 is 40.4 Å². The SMILES string of the molecule is Cc1ccc(-c2nc3cc(NC(=O)/C=C/c4ccc(-c5ccc(C)c(Cl)c5)o4)ccc3o2)c(C)c1. The predicted octanol–water partition coefficient (Wildman–Crippen LogP) is 7.99. The van der Waals surface area contributed by atoms with Gasteiger partial charge in [0.05, 0.1) is 0 Å². The van der Waals surface area contributed by atoms with Gasteiger partial charge in [0.2, 0.25) is 11.8 Å². The Balaban J connectivity index is 1.29. The molecule has 2 heterocycles. The molecule has 0 fully saturated rings. The quantitative estimate of drug-likeness (QED) is 0.258. The fourth-order valence-electron chi connectivity index (χ4n) is 3.86. The first kappa shape index (κ1) is 22.7. The Hall–Kier alpha value is -4.09. The molecule has 174 valence electrons. The van der Waals surface area contributed by atoms with E-state index in [-0.39, 0.29) is 5.91 Å². The molecule has 1 N–H and O–H groups in total. The number of aryl methyl sites for hydroxylation is 3. The Morgan fingerprint density at radius 1 is 0.914 bits per heavy atom. The predicted molar refractivity (Wildman–Crippen MR) is 140 cm³/mol. The fourth-order valence-corrected chi connectivity index (χ4v) is 4.04. The zero-order chi connectivity index (χ0) is 24.5. The maximum atomic E-state index is 12.5. The average Bonchev–Trinajstić information content (AvgIpc) is 3.46. The van der Waals surface area contributed by atoms with Crippen LogP contribution in [0.5, 0.6) is 0 Å². The molecule has 0 aliphatic rings. The number of nitrogens with zero attached hydrogens (tertiary/aromatic N) is 1. The van der Waals surface area contributed by atoms with E-state index in [0.29, 0.717) is 39.2 Å². The highest BCUT2D eigenvalue weighted by atomic mass is 35.5. The molecular weight excluding hydrogens is 460 g/mol. The molecule has 0 saturated heterocycles. The normalized spacial score (nSPS) is 11.4.